The standard InChI is InChI=1S/C18H22N2O3/c1-3-22-18(21)10-11-19-13-15-5-7-16(8-6-15)23-17-9-4-14(2)12-20-17/h4-9,12,19H,3,10-11,13H2,1-2H3. The lowest BCUT2D eigenvalue weighted by Gasteiger charge is -2.07. The molecule has 5 nitrogen and oxygen atoms in total. The molecule has 5 heteroatoms. The Hall–Kier alpha value is -2.40. The normalized spacial score (nSPS) is 10.3. The van der Waals surface area contributed by atoms with Crippen molar-refractivity contribution >= 4 is 5.97 Å². The van der Waals surface area contributed by atoms with Gasteiger partial charge in [-0.3, -0.25) is 4.79 Å². The quantitative estimate of drug-likeness (QED) is 0.599. The molecule has 23 heavy (non-hydrogen) atoms. The summed E-state index contributed by atoms with van der Waals surface area (Å²) in [5, 5.41) is 3.21. The Kier molecular flexibility index (Phi) is 6.56. The Morgan fingerprint density at radius 3 is 2.61 bits per heavy atom. The molecule has 0 unspecified atom stereocenters. The van der Waals surface area contributed by atoms with Gasteiger partial charge >= 0.3 is 5.97 Å². The van der Waals surface area contributed by atoms with Crippen molar-refractivity contribution in [1.29, 1.82) is 0 Å². The molecule has 122 valence electrons. The highest BCUT2D eigenvalue weighted by Gasteiger charge is 2.02. The first-order chi connectivity index (χ1) is 11.2. The maximum Gasteiger partial charge on any atom is 0.307 e. The number of aryl methyl sites for hydroxylation is 1. The van der Waals surface area contributed by atoms with Crippen molar-refractivity contribution in [2.24, 2.45) is 0 Å². The maximum atomic E-state index is 11.2. The largest absolute Gasteiger partial charge is 0.466 e. The zero-order valence-corrected chi connectivity index (χ0v) is 13.5. The van der Waals surface area contributed by atoms with Crippen LogP contribution in [0.2, 0.25) is 0 Å². The number of rotatable bonds is 8. The van der Waals surface area contributed by atoms with E-state index in [1.807, 2.05) is 43.3 Å². The van der Waals surface area contributed by atoms with Gasteiger partial charge in [0.2, 0.25) is 5.88 Å². The van der Waals surface area contributed by atoms with Gasteiger partial charge in [-0.05, 0) is 37.1 Å². The minimum Gasteiger partial charge on any atom is -0.466 e. The Morgan fingerprint density at radius 2 is 1.96 bits per heavy atom. The summed E-state index contributed by atoms with van der Waals surface area (Å²) in [6, 6.07) is 11.6. The van der Waals surface area contributed by atoms with Gasteiger partial charge < -0.3 is 14.8 Å². The minimum absolute atomic E-state index is 0.172. The Morgan fingerprint density at radius 1 is 1.17 bits per heavy atom. The zero-order valence-electron chi connectivity index (χ0n) is 13.5. The van der Waals surface area contributed by atoms with Crippen molar-refractivity contribution < 1.29 is 14.3 Å². The maximum absolute atomic E-state index is 11.2. The van der Waals surface area contributed by atoms with Crippen LogP contribution >= 0.6 is 0 Å². The molecule has 0 saturated heterocycles. The Balaban J connectivity index is 1.76. The number of nitrogens with zero attached hydrogens (tertiary/aromatic N) is 1. The van der Waals surface area contributed by atoms with E-state index in [2.05, 4.69) is 10.3 Å². The molecule has 1 heterocycles. The second-order valence-electron chi connectivity index (χ2n) is 5.15. The monoisotopic (exact) mass is 314 g/mol. The van der Waals surface area contributed by atoms with Crippen molar-refractivity contribution in [3.8, 4) is 11.6 Å². The highest BCUT2D eigenvalue weighted by Crippen LogP contribution is 2.19. The van der Waals surface area contributed by atoms with Crippen LogP contribution in [0.5, 0.6) is 11.6 Å². The van der Waals surface area contributed by atoms with Gasteiger partial charge in [-0.25, -0.2) is 4.98 Å². The van der Waals surface area contributed by atoms with Gasteiger partial charge in [0.15, 0.2) is 0 Å². The van der Waals surface area contributed by atoms with Gasteiger partial charge in [0, 0.05) is 25.4 Å². The molecule has 0 aliphatic carbocycles. The number of hydrogen-bond donors (Lipinski definition) is 1. The van der Waals surface area contributed by atoms with Crippen LogP contribution in [0, 0.1) is 6.92 Å². The van der Waals surface area contributed by atoms with Gasteiger partial charge in [-0.2, -0.15) is 0 Å². The smallest absolute Gasteiger partial charge is 0.307 e. The van der Waals surface area contributed by atoms with Gasteiger partial charge in [-0.15, -0.1) is 0 Å². The first-order valence-electron chi connectivity index (χ1n) is 7.73. The van der Waals surface area contributed by atoms with E-state index in [0.717, 1.165) is 16.9 Å². The molecule has 2 rings (SSSR count). The number of hydrogen-bond acceptors (Lipinski definition) is 5. The molecule has 0 atom stereocenters. The fourth-order valence-electron chi connectivity index (χ4n) is 1.97. The topological polar surface area (TPSA) is 60.5 Å². The number of pyridine rings is 1. The third-order valence-corrected chi connectivity index (χ3v) is 3.17. The number of carbonyl (C=O) groups excluding carboxylic acids is 1. The van der Waals surface area contributed by atoms with E-state index in [9.17, 15) is 4.79 Å². The molecular formula is C18H22N2O3. The van der Waals surface area contributed by atoms with Gasteiger partial charge in [0.1, 0.15) is 5.75 Å². The van der Waals surface area contributed by atoms with Crippen LogP contribution < -0.4 is 10.1 Å². The lowest BCUT2D eigenvalue weighted by molar-refractivity contribution is -0.142. The van der Waals surface area contributed by atoms with Crippen LogP contribution in [0.25, 0.3) is 0 Å². The number of ether oxygens (including phenoxy) is 2. The Labute approximate surface area is 136 Å². The van der Waals surface area contributed by atoms with Crippen molar-refractivity contribution in [3.63, 3.8) is 0 Å². The molecule has 0 amide bonds. The molecule has 0 fully saturated rings. The summed E-state index contributed by atoms with van der Waals surface area (Å²) in [6.07, 6.45) is 2.16. The number of nitrogens with one attached hydrogen (secondary N) is 1. The van der Waals surface area contributed by atoms with Crippen LogP contribution in [0.15, 0.2) is 42.6 Å². The number of aromatic nitrogens is 1. The van der Waals surface area contributed by atoms with E-state index in [-0.39, 0.29) is 5.97 Å². The third kappa shape index (κ3) is 6.08. The van der Waals surface area contributed by atoms with Crippen molar-refractivity contribution in [3.05, 3.63) is 53.7 Å². The molecule has 0 spiro atoms. The van der Waals surface area contributed by atoms with E-state index < -0.39 is 0 Å². The van der Waals surface area contributed by atoms with Crippen LogP contribution in [-0.4, -0.2) is 24.1 Å². The first-order valence-corrected chi connectivity index (χ1v) is 7.73. The fourth-order valence-corrected chi connectivity index (χ4v) is 1.97. The SMILES string of the molecule is CCOC(=O)CCNCc1ccc(Oc2ccc(C)cn2)cc1. The van der Waals surface area contributed by atoms with Crippen molar-refractivity contribution in [2.75, 3.05) is 13.2 Å². The minimum atomic E-state index is -0.172. The lowest BCUT2D eigenvalue weighted by Crippen LogP contribution is -2.18. The van der Waals surface area contributed by atoms with E-state index >= 15 is 0 Å². The highest BCUT2D eigenvalue weighted by molar-refractivity contribution is 5.69. The number of benzene rings is 1. The summed E-state index contributed by atoms with van der Waals surface area (Å²) in [5.74, 6) is 1.15. The first kappa shape index (κ1) is 17.0. The summed E-state index contributed by atoms with van der Waals surface area (Å²) < 4.78 is 10.6. The fraction of sp³-hybridized carbons (Fsp3) is 0.333. The van der Waals surface area contributed by atoms with Crippen LogP contribution in [0.3, 0.4) is 0 Å². The van der Waals surface area contributed by atoms with Crippen LogP contribution in [0.1, 0.15) is 24.5 Å². The number of carbonyl (C=O) groups is 1. The molecule has 2 aromatic rings. The molecular weight excluding hydrogens is 292 g/mol. The highest BCUT2D eigenvalue weighted by atomic mass is 16.5. The van der Waals surface area contributed by atoms with E-state index in [1.165, 1.54) is 0 Å². The number of esters is 1. The van der Waals surface area contributed by atoms with Gasteiger partial charge in [0.25, 0.3) is 0 Å². The average molecular weight is 314 g/mol. The molecule has 0 aliphatic rings. The summed E-state index contributed by atoms with van der Waals surface area (Å²) >= 11 is 0. The predicted octanol–water partition coefficient (Wildman–Crippen LogP) is 3.23. The van der Waals surface area contributed by atoms with Crippen molar-refractivity contribution in [1.82, 2.24) is 10.3 Å². The summed E-state index contributed by atoms with van der Waals surface area (Å²) in [7, 11) is 0. The summed E-state index contributed by atoms with van der Waals surface area (Å²) in [5.41, 5.74) is 2.22. The van der Waals surface area contributed by atoms with E-state index in [0.29, 0.717) is 32.0 Å². The predicted molar refractivity (Wildman–Crippen MR) is 88.4 cm³/mol. The molecule has 1 aromatic carbocycles. The van der Waals surface area contributed by atoms with Gasteiger partial charge in [-0.1, -0.05) is 18.2 Å². The summed E-state index contributed by atoms with van der Waals surface area (Å²) in [4.78, 5) is 15.4. The van der Waals surface area contributed by atoms with E-state index in [4.69, 9.17) is 9.47 Å². The van der Waals surface area contributed by atoms with Gasteiger partial charge in [0.05, 0.1) is 13.0 Å². The molecule has 1 aromatic heterocycles. The van der Waals surface area contributed by atoms with Crippen molar-refractivity contribution in [2.45, 2.75) is 26.8 Å². The van der Waals surface area contributed by atoms with Crippen LogP contribution in [0.4, 0.5) is 0 Å². The second-order valence-corrected chi connectivity index (χ2v) is 5.15. The van der Waals surface area contributed by atoms with E-state index in [1.54, 1.807) is 13.1 Å². The molecule has 0 radical (unpaired) electrons. The average Bonchev–Trinajstić information content (AvgIpc) is 2.55. The lowest BCUT2D eigenvalue weighted by atomic mass is 10.2. The molecule has 0 bridgehead atoms. The third-order valence-electron chi connectivity index (χ3n) is 3.17. The summed E-state index contributed by atoms with van der Waals surface area (Å²) in [6.45, 7) is 5.52. The molecule has 1 N–H and O–H groups in total. The zero-order chi connectivity index (χ0) is 16.5. The Bertz CT molecular complexity index is 609. The second kappa shape index (κ2) is 8.90. The van der Waals surface area contributed by atoms with Crippen LogP contribution in [-0.2, 0) is 16.1 Å². The molecule has 0 aliphatic heterocycles. The molecule has 0 saturated carbocycles.